The summed E-state index contributed by atoms with van der Waals surface area (Å²) in [7, 11) is 4.07. The van der Waals surface area contributed by atoms with E-state index in [-0.39, 0.29) is 0 Å². The van der Waals surface area contributed by atoms with Crippen LogP contribution >= 0.6 is 0 Å². The monoisotopic (exact) mass is 224 g/mol. The lowest BCUT2D eigenvalue weighted by Crippen LogP contribution is -2.31. The molecule has 0 spiro atoms. The molecular weight excluding hydrogens is 200 g/mol. The first kappa shape index (κ1) is 13.2. The Bertz CT molecular complexity index is 306. The summed E-state index contributed by atoms with van der Waals surface area (Å²) in [6.45, 7) is 6.32. The van der Waals surface area contributed by atoms with Crippen molar-refractivity contribution in [2.45, 2.75) is 32.9 Å². The van der Waals surface area contributed by atoms with Gasteiger partial charge in [-0.05, 0) is 25.9 Å². The summed E-state index contributed by atoms with van der Waals surface area (Å²) in [4.78, 5) is 2.29. The van der Waals surface area contributed by atoms with Gasteiger partial charge in [0.2, 0.25) is 0 Å². The largest absolute Gasteiger partial charge is 0.327 e. The topological polar surface area (TPSA) is 47.1 Å². The zero-order chi connectivity index (χ0) is 12.1. The Balaban J connectivity index is 2.28. The van der Waals surface area contributed by atoms with Gasteiger partial charge in [-0.3, -0.25) is 4.68 Å². The number of aryl methyl sites for hydroxylation is 1. The standard InChI is InChI=1S/C12H24N4/c1-10(2)12(13)5-6-15(3)8-11-7-14-16(4)9-11/h7,9-10,12H,5-6,8,13H2,1-4H3. The van der Waals surface area contributed by atoms with E-state index in [1.54, 1.807) is 0 Å². The Kier molecular flexibility index (Phi) is 4.96. The van der Waals surface area contributed by atoms with Gasteiger partial charge in [-0.1, -0.05) is 13.8 Å². The Morgan fingerprint density at radius 2 is 2.19 bits per heavy atom. The first-order valence-electron chi connectivity index (χ1n) is 5.90. The Morgan fingerprint density at radius 3 is 2.69 bits per heavy atom. The van der Waals surface area contributed by atoms with E-state index < -0.39 is 0 Å². The zero-order valence-electron chi connectivity index (χ0n) is 10.8. The Morgan fingerprint density at radius 1 is 1.50 bits per heavy atom. The van der Waals surface area contributed by atoms with Crippen LogP contribution in [0.4, 0.5) is 0 Å². The van der Waals surface area contributed by atoms with E-state index in [0.717, 1.165) is 19.5 Å². The molecule has 0 saturated carbocycles. The molecule has 1 atom stereocenters. The highest BCUT2D eigenvalue weighted by Crippen LogP contribution is 2.06. The molecule has 1 unspecified atom stereocenters. The summed E-state index contributed by atoms with van der Waals surface area (Å²) in [5, 5.41) is 4.16. The second-order valence-corrected chi connectivity index (χ2v) is 4.96. The highest BCUT2D eigenvalue weighted by molar-refractivity contribution is 5.02. The van der Waals surface area contributed by atoms with E-state index in [2.05, 4.69) is 37.1 Å². The predicted octanol–water partition coefficient (Wildman–Crippen LogP) is 1.23. The molecule has 0 fully saturated rings. The molecule has 1 aromatic rings. The fourth-order valence-electron chi connectivity index (χ4n) is 1.65. The van der Waals surface area contributed by atoms with E-state index in [1.807, 2.05) is 17.9 Å². The number of rotatable bonds is 6. The minimum atomic E-state index is 0.302. The maximum absolute atomic E-state index is 6.02. The second-order valence-electron chi connectivity index (χ2n) is 4.96. The minimum absolute atomic E-state index is 0.302. The number of hydrogen-bond acceptors (Lipinski definition) is 3. The molecule has 0 amide bonds. The van der Waals surface area contributed by atoms with Crippen molar-refractivity contribution >= 4 is 0 Å². The molecule has 2 N–H and O–H groups in total. The van der Waals surface area contributed by atoms with Crippen molar-refractivity contribution in [3.8, 4) is 0 Å². The van der Waals surface area contributed by atoms with Crippen LogP contribution < -0.4 is 5.73 Å². The predicted molar refractivity (Wildman–Crippen MR) is 67.0 cm³/mol. The van der Waals surface area contributed by atoms with Crippen LogP contribution in [0, 0.1) is 5.92 Å². The van der Waals surface area contributed by atoms with Gasteiger partial charge >= 0.3 is 0 Å². The first-order valence-corrected chi connectivity index (χ1v) is 5.90. The molecule has 1 aromatic heterocycles. The Hall–Kier alpha value is -0.870. The van der Waals surface area contributed by atoms with Crippen molar-refractivity contribution < 1.29 is 0 Å². The second kappa shape index (κ2) is 6.01. The fourth-order valence-corrected chi connectivity index (χ4v) is 1.65. The molecule has 0 saturated heterocycles. The van der Waals surface area contributed by atoms with Crippen molar-refractivity contribution in [1.82, 2.24) is 14.7 Å². The molecule has 4 nitrogen and oxygen atoms in total. The number of nitrogens with two attached hydrogens (primary N) is 1. The summed E-state index contributed by atoms with van der Waals surface area (Å²) in [5.74, 6) is 0.562. The van der Waals surface area contributed by atoms with Gasteiger partial charge in [0, 0.05) is 31.4 Å². The normalized spacial score (nSPS) is 13.7. The highest BCUT2D eigenvalue weighted by Gasteiger charge is 2.09. The summed E-state index contributed by atoms with van der Waals surface area (Å²) < 4.78 is 1.84. The molecule has 1 rings (SSSR count). The molecule has 0 aromatic carbocycles. The summed E-state index contributed by atoms with van der Waals surface area (Å²) in [6.07, 6.45) is 5.02. The van der Waals surface area contributed by atoms with Crippen molar-refractivity contribution in [2.75, 3.05) is 13.6 Å². The van der Waals surface area contributed by atoms with Gasteiger partial charge in [-0.2, -0.15) is 5.10 Å². The summed E-state index contributed by atoms with van der Waals surface area (Å²) >= 11 is 0. The van der Waals surface area contributed by atoms with Crippen LogP contribution in [0.15, 0.2) is 12.4 Å². The molecular formula is C12H24N4. The molecule has 4 heteroatoms. The molecule has 0 radical (unpaired) electrons. The maximum Gasteiger partial charge on any atom is 0.0534 e. The van der Waals surface area contributed by atoms with E-state index >= 15 is 0 Å². The molecule has 0 aliphatic carbocycles. The van der Waals surface area contributed by atoms with Crippen molar-refractivity contribution in [1.29, 1.82) is 0 Å². The summed E-state index contributed by atoms with van der Waals surface area (Å²) in [6, 6.07) is 0.302. The zero-order valence-corrected chi connectivity index (χ0v) is 10.8. The van der Waals surface area contributed by atoms with Crippen LogP contribution in [0.2, 0.25) is 0 Å². The maximum atomic E-state index is 6.02. The van der Waals surface area contributed by atoms with Gasteiger partial charge in [0.05, 0.1) is 6.20 Å². The average Bonchev–Trinajstić information content (AvgIpc) is 2.60. The third-order valence-corrected chi connectivity index (χ3v) is 2.91. The SMILES string of the molecule is CC(C)C(N)CCN(C)Cc1cnn(C)c1. The van der Waals surface area contributed by atoms with E-state index in [9.17, 15) is 0 Å². The van der Waals surface area contributed by atoms with E-state index in [4.69, 9.17) is 5.73 Å². The molecule has 16 heavy (non-hydrogen) atoms. The van der Waals surface area contributed by atoms with Gasteiger partial charge < -0.3 is 10.6 Å². The molecule has 1 heterocycles. The van der Waals surface area contributed by atoms with Crippen molar-refractivity contribution in [3.05, 3.63) is 18.0 Å². The third kappa shape index (κ3) is 4.33. The third-order valence-electron chi connectivity index (χ3n) is 2.91. The molecule has 0 bridgehead atoms. The number of nitrogens with zero attached hydrogens (tertiary/aromatic N) is 3. The minimum Gasteiger partial charge on any atom is -0.327 e. The molecule has 0 aliphatic heterocycles. The van der Waals surface area contributed by atoms with Gasteiger partial charge in [0.15, 0.2) is 0 Å². The van der Waals surface area contributed by atoms with Gasteiger partial charge in [0.1, 0.15) is 0 Å². The lowest BCUT2D eigenvalue weighted by atomic mass is 10.0. The van der Waals surface area contributed by atoms with Crippen molar-refractivity contribution in [3.63, 3.8) is 0 Å². The smallest absolute Gasteiger partial charge is 0.0534 e. The van der Waals surface area contributed by atoms with Gasteiger partial charge in [-0.15, -0.1) is 0 Å². The van der Waals surface area contributed by atoms with Crippen molar-refractivity contribution in [2.24, 2.45) is 18.7 Å². The first-order chi connectivity index (χ1) is 7.49. The van der Waals surface area contributed by atoms with Crippen LogP contribution in [0.5, 0.6) is 0 Å². The lowest BCUT2D eigenvalue weighted by molar-refractivity contribution is 0.296. The average molecular weight is 224 g/mol. The number of aromatic nitrogens is 2. The van der Waals surface area contributed by atoms with Crippen LogP contribution in [0.3, 0.4) is 0 Å². The fraction of sp³-hybridized carbons (Fsp3) is 0.750. The lowest BCUT2D eigenvalue weighted by Gasteiger charge is -2.20. The highest BCUT2D eigenvalue weighted by atomic mass is 15.2. The van der Waals surface area contributed by atoms with E-state index in [1.165, 1.54) is 5.56 Å². The van der Waals surface area contributed by atoms with Crippen LogP contribution in [0.1, 0.15) is 25.8 Å². The van der Waals surface area contributed by atoms with Gasteiger partial charge in [-0.25, -0.2) is 0 Å². The van der Waals surface area contributed by atoms with Crippen LogP contribution in [-0.4, -0.2) is 34.3 Å². The number of hydrogen-bond donors (Lipinski definition) is 1. The Labute approximate surface area is 98.4 Å². The quantitative estimate of drug-likeness (QED) is 0.790. The molecule has 0 aliphatic rings. The van der Waals surface area contributed by atoms with Crippen LogP contribution in [0.25, 0.3) is 0 Å². The van der Waals surface area contributed by atoms with Crippen LogP contribution in [-0.2, 0) is 13.6 Å². The molecule has 92 valence electrons. The van der Waals surface area contributed by atoms with E-state index in [0.29, 0.717) is 12.0 Å². The van der Waals surface area contributed by atoms with Gasteiger partial charge in [0.25, 0.3) is 0 Å². The summed E-state index contributed by atoms with van der Waals surface area (Å²) in [5.41, 5.74) is 7.27.